The smallest absolute Gasteiger partial charge is 0.422 e. The van der Waals surface area contributed by atoms with E-state index in [0.717, 1.165) is 6.54 Å². The molecule has 21 heavy (non-hydrogen) atoms. The summed E-state index contributed by atoms with van der Waals surface area (Å²) in [7, 11) is -3.83. The topological polar surface area (TPSA) is 105 Å². The zero-order valence-corrected chi connectivity index (χ0v) is 13.7. The molecule has 0 radical (unpaired) electrons. The molecule has 0 saturated carbocycles. The van der Waals surface area contributed by atoms with Gasteiger partial charge in [0.25, 0.3) is 0 Å². The van der Waals surface area contributed by atoms with Crippen molar-refractivity contribution in [3.8, 4) is 0 Å². The van der Waals surface area contributed by atoms with Gasteiger partial charge in [-0.1, -0.05) is 6.92 Å². The molecule has 1 heterocycles. The molecule has 0 aromatic rings. The van der Waals surface area contributed by atoms with Crippen LogP contribution in [0.2, 0.25) is 0 Å². The van der Waals surface area contributed by atoms with E-state index in [4.69, 9.17) is 10.5 Å². The molecule has 1 fully saturated rings. The number of piperazine rings is 1. The van der Waals surface area contributed by atoms with Gasteiger partial charge in [-0.3, -0.25) is 0 Å². The second-order valence-corrected chi connectivity index (χ2v) is 7.27. The highest BCUT2D eigenvalue weighted by atomic mass is 32.2. The molecule has 8 nitrogen and oxygen atoms in total. The normalized spacial score (nSPS) is 19.5. The molecular formula is C12H26N4O4S. The monoisotopic (exact) mass is 322 g/mol. The lowest BCUT2D eigenvalue weighted by Gasteiger charge is -2.34. The van der Waals surface area contributed by atoms with Crippen molar-refractivity contribution < 1.29 is 17.9 Å². The third-order valence-corrected chi connectivity index (χ3v) is 4.67. The lowest BCUT2D eigenvalue weighted by atomic mass is 10.1. The maximum Gasteiger partial charge on any atom is 0.422 e. The lowest BCUT2D eigenvalue weighted by Crippen LogP contribution is -2.53. The van der Waals surface area contributed by atoms with E-state index in [-0.39, 0.29) is 6.10 Å². The Morgan fingerprint density at radius 1 is 1.24 bits per heavy atom. The van der Waals surface area contributed by atoms with Crippen LogP contribution < -0.4 is 10.5 Å². The van der Waals surface area contributed by atoms with Gasteiger partial charge < -0.3 is 15.4 Å². The Morgan fingerprint density at radius 2 is 1.81 bits per heavy atom. The number of nitrogens with two attached hydrogens (primary N) is 1. The fourth-order valence-electron chi connectivity index (χ4n) is 2.08. The van der Waals surface area contributed by atoms with E-state index in [1.54, 1.807) is 13.8 Å². The highest BCUT2D eigenvalue weighted by molar-refractivity contribution is 7.87. The van der Waals surface area contributed by atoms with E-state index < -0.39 is 16.3 Å². The highest BCUT2D eigenvalue weighted by Crippen LogP contribution is 2.08. The summed E-state index contributed by atoms with van der Waals surface area (Å²) < 4.78 is 32.0. The molecule has 0 spiro atoms. The van der Waals surface area contributed by atoms with E-state index in [9.17, 15) is 13.2 Å². The van der Waals surface area contributed by atoms with Crippen LogP contribution in [0.25, 0.3) is 0 Å². The third kappa shape index (κ3) is 6.16. The van der Waals surface area contributed by atoms with Crippen LogP contribution in [0, 0.1) is 5.92 Å². The summed E-state index contributed by atoms with van der Waals surface area (Å²) >= 11 is 0. The van der Waals surface area contributed by atoms with Crippen molar-refractivity contribution in [1.29, 1.82) is 0 Å². The van der Waals surface area contributed by atoms with Gasteiger partial charge in [-0.15, -0.1) is 0 Å². The van der Waals surface area contributed by atoms with Gasteiger partial charge in [0.15, 0.2) is 0 Å². The first kappa shape index (κ1) is 18.1. The number of nitrogens with one attached hydrogen (secondary N) is 1. The number of hydrogen-bond donors (Lipinski definition) is 2. The summed E-state index contributed by atoms with van der Waals surface area (Å²) in [6.45, 7) is 8.80. The van der Waals surface area contributed by atoms with E-state index in [2.05, 4.69) is 11.8 Å². The van der Waals surface area contributed by atoms with Crippen molar-refractivity contribution >= 4 is 16.3 Å². The molecular weight excluding hydrogens is 296 g/mol. The largest absolute Gasteiger partial charge is 0.446 e. The zero-order valence-electron chi connectivity index (χ0n) is 12.9. The van der Waals surface area contributed by atoms with Crippen LogP contribution >= 0.6 is 0 Å². The minimum atomic E-state index is -3.83. The number of nitrogens with zero attached hydrogens (tertiary/aromatic N) is 2. The second-order valence-electron chi connectivity index (χ2n) is 5.60. The molecule has 9 heteroatoms. The average molecular weight is 322 g/mol. The first-order valence-electron chi connectivity index (χ1n) is 7.15. The first-order valence-corrected chi connectivity index (χ1v) is 8.59. The number of ether oxygens (including phenoxy) is 1. The van der Waals surface area contributed by atoms with Crippen LogP contribution in [0.1, 0.15) is 20.8 Å². The molecule has 0 aliphatic carbocycles. The number of rotatable bonds is 6. The molecule has 3 N–H and O–H groups in total. The van der Waals surface area contributed by atoms with Gasteiger partial charge >= 0.3 is 16.3 Å². The summed E-state index contributed by atoms with van der Waals surface area (Å²) in [6.07, 6.45) is -1.31. The maximum atomic E-state index is 12.0. The van der Waals surface area contributed by atoms with Gasteiger partial charge in [0, 0.05) is 32.7 Å². The highest BCUT2D eigenvalue weighted by Gasteiger charge is 2.29. The summed E-state index contributed by atoms with van der Waals surface area (Å²) in [5.74, 6) is 0.382. The predicted molar refractivity (Wildman–Crippen MR) is 79.9 cm³/mol. The number of carbonyl (C=O) groups is 1. The first-order chi connectivity index (χ1) is 9.74. The third-order valence-electron chi connectivity index (χ3n) is 3.20. The van der Waals surface area contributed by atoms with Gasteiger partial charge in [0.05, 0.1) is 6.10 Å². The Labute approximate surface area is 126 Å². The van der Waals surface area contributed by atoms with Gasteiger partial charge in [-0.05, 0) is 26.3 Å². The molecule has 1 atom stereocenters. The SMILES string of the molecule is CC(CN)CN1CCN(S(=O)(=O)NC(=O)OC(C)C)CC1. The van der Waals surface area contributed by atoms with Crippen molar-refractivity contribution in [2.45, 2.75) is 26.9 Å². The van der Waals surface area contributed by atoms with Gasteiger partial charge in [-0.25, -0.2) is 9.52 Å². The fraction of sp³-hybridized carbons (Fsp3) is 0.917. The van der Waals surface area contributed by atoms with Crippen molar-refractivity contribution in [3.05, 3.63) is 0 Å². The molecule has 1 rings (SSSR count). The minimum Gasteiger partial charge on any atom is -0.446 e. The molecule has 1 unspecified atom stereocenters. The Kier molecular flexibility index (Phi) is 6.85. The van der Waals surface area contributed by atoms with Gasteiger partial charge in [0.2, 0.25) is 0 Å². The molecule has 1 aliphatic rings. The van der Waals surface area contributed by atoms with Crippen LogP contribution in [0.5, 0.6) is 0 Å². The number of hydrogen-bond acceptors (Lipinski definition) is 6. The quantitative estimate of drug-likeness (QED) is 0.688. The van der Waals surface area contributed by atoms with Gasteiger partial charge in [-0.2, -0.15) is 12.7 Å². The summed E-state index contributed by atoms with van der Waals surface area (Å²) in [5.41, 5.74) is 5.59. The van der Waals surface area contributed by atoms with Crippen molar-refractivity contribution in [2.75, 3.05) is 39.3 Å². The van der Waals surface area contributed by atoms with Crippen LogP contribution in [-0.2, 0) is 14.9 Å². The number of carbonyl (C=O) groups excluding carboxylic acids is 1. The standard InChI is InChI=1S/C12H26N4O4S/c1-10(2)20-12(17)14-21(18,19)16-6-4-15(5-7-16)9-11(3)8-13/h10-11H,4-9,13H2,1-3H3,(H,14,17). The van der Waals surface area contributed by atoms with Crippen LogP contribution in [0.4, 0.5) is 4.79 Å². The molecule has 0 bridgehead atoms. The van der Waals surface area contributed by atoms with Crippen molar-refractivity contribution in [3.63, 3.8) is 0 Å². The minimum absolute atomic E-state index is 0.349. The predicted octanol–water partition coefficient (Wildman–Crippen LogP) is -0.422. The zero-order chi connectivity index (χ0) is 16.0. The summed E-state index contributed by atoms with van der Waals surface area (Å²) in [5, 5.41) is 0. The van der Waals surface area contributed by atoms with E-state index in [1.807, 2.05) is 4.72 Å². The molecule has 0 aromatic carbocycles. The molecule has 1 amide bonds. The van der Waals surface area contributed by atoms with Gasteiger partial charge in [0.1, 0.15) is 0 Å². The summed E-state index contributed by atoms with van der Waals surface area (Å²) in [4.78, 5) is 13.6. The van der Waals surface area contributed by atoms with E-state index in [0.29, 0.717) is 38.6 Å². The summed E-state index contributed by atoms with van der Waals surface area (Å²) in [6, 6.07) is 0. The lowest BCUT2D eigenvalue weighted by molar-refractivity contribution is 0.120. The number of amides is 1. The van der Waals surface area contributed by atoms with Crippen LogP contribution in [0.3, 0.4) is 0 Å². The molecule has 124 valence electrons. The Hall–Kier alpha value is -0.900. The molecule has 0 aromatic heterocycles. The van der Waals surface area contributed by atoms with Crippen molar-refractivity contribution in [2.24, 2.45) is 11.7 Å². The fourth-order valence-corrected chi connectivity index (χ4v) is 3.11. The van der Waals surface area contributed by atoms with Crippen LogP contribution in [-0.4, -0.2) is 69.1 Å². The van der Waals surface area contributed by atoms with Crippen molar-refractivity contribution in [1.82, 2.24) is 13.9 Å². The maximum absolute atomic E-state index is 12.0. The van der Waals surface area contributed by atoms with E-state index in [1.165, 1.54) is 4.31 Å². The Bertz CT molecular complexity index is 433. The average Bonchev–Trinajstić information content (AvgIpc) is 2.37. The van der Waals surface area contributed by atoms with Crippen LogP contribution in [0.15, 0.2) is 0 Å². The molecule has 1 aliphatic heterocycles. The molecule has 1 saturated heterocycles. The van der Waals surface area contributed by atoms with E-state index >= 15 is 0 Å². The second kappa shape index (κ2) is 7.92. The Balaban J connectivity index is 2.47. The Morgan fingerprint density at radius 3 is 2.29 bits per heavy atom.